The lowest BCUT2D eigenvalue weighted by Gasteiger charge is -2.06. The maximum absolute atomic E-state index is 12.2. The highest BCUT2D eigenvalue weighted by molar-refractivity contribution is 5.80. The molecule has 3 N–H and O–H groups in total. The van der Waals surface area contributed by atoms with Gasteiger partial charge in [0.15, 0.2) is 17.3 Å². The van der Waals surface area contributed by atoms with Crippen LogP contribution in [0.4, 0.5) is 17.5 Å². The second kappa shape index (κ2) is 7.30. The molecule has 4 aromatic heterocycles. The van der Waals surface area contributed by atoms with E-state index in [1.165, 1.54) is 4.68 Å². The van der Waals surface area contributed by atoms with Gasteiger partial charge in [-0.2, -0.15) is 5.10 Å². The SMILES string of the molecule is Cc1nc(N)cc(-c2c(Nc3ccn(C(=O)CC(C)C)n3)nc3cccnn23)n1. The third kappa shape index (κ3) is 3.77. The number of fused-ring (bicyclic) bond motifs is 1. The lowest BCUT2D eigenvalue weighted by Crippen LogP contribution is -2.13. The summed E-state index contributed by atoms with van der Waals surface area (Å²) in [5.74, 6) is 2.08. The van der Waals surface area contributed by atoms with E-state index in [0.29, 0.717) is 46.7 Å². The van der Waals surface area contributed by atoms with Crippen LogP contribution in [0.5, 0.6) is 0 Å². The van der Waals surface area contributed by atoms with Crippen LogP contribution in [-0.2, 0) is 0 Å². The molecule has 0 aliphatic rings. The van der Waals surface area contributed by atoms with Gasteiger partial charge >= 0.3 is 0 Å². The summed E-state index contributed by atoms with van der Waals surface area (Å²) in [5.41, 5.74) is 7.76. The van der Waals surface area contributed by atoms with E-state index in [4.69, 9.17) is 5.73 Å². The second-order valence-corrected chi connectivity index (χ2v) is 7.09. The van der Waals surface area contributed by atoms with E-state index in [1.807, 2.05) is 19.9 Å². The number of rotatable bonds is 5. The van der Waals surface area contributed by atoms with Gasteiger partial charge in [0, 0.05) is 30.9 Å². The molecule has 0 aliphatic heterocycles. The number of nitrogens with zero attached hydrogens (tertiary/aromatic N) is 7. The minimum Gasteiger partial charge on any atom is -0.384 e. The van der Waals surface area contributed by atoms with Crippen molar-refractivity contribution >= 4 is 29.0 Å². The fraction of sp³-hybridized carbons (Fsp3) is 0.263. The Kier molecular flexibility index (Phi) is 4.67. The Hall–Kier alpha value is -3.82. The number of carbonyl (C=O) groups excluding carboxylic acids is 1. The Morgan fingerprint density at radius 3 is 2.83 bits per heavy atom. The summed E-state index contributed by atoms with van der Waals surface area (Å²) in [6, 6.07) is 7.03. The Morgan fingerprint density at radius 1 is 1.24 bits per heavy atom. The van der Waals surface area contributed by atoms with E-state index in [9.17, 15) is 4.79 Å². The Balaban J connectivity index is 1.75. The average molecular weight is 391 g/mol. The van der Waals surface area contributed by atoms with E-state index in [0.717, 1.165) is 0 Å². The van der Waals surface area contributed by atoms with Gasteiger partial charge in [-0.25, -0.2) is 24.1 Å². The molecule has 29 heavy (non-hydrogen) atoms. The number of aryl methyl sites for hydroxylation is 1. The number of aromatic nitrogens is 7. The van der Waals surface area contributed by atoms with Crippen molar-refractivity contribution in [2.45, 2.75) is 27.2 Å². The topological polar surface area (TPSA) is 129 Å². The van der Waals surface area contributed by atoms with Crippen molar-refractivity contribution in [1.29, 1.82) is 0 Å². The first kappa shape index (κ1) is 18.5. The third-order valence-electron chi connectivity index (χ3n) is 4.17. The summed E-state index contributed by atoms with van der Waals surface area (Å²) in [5, 5.41) is 11.9. The molecule has 10 heteroatoms. The lowest BCUT2D eigenvalue weighted by molar-refractivity contribution is 0.0871. The fourth-order valence-corrected chi connectivity index (χ4v) is 3.01. The van der Waals surface area contributed by atoms with Crippen LogP contribution in [0, 0.1) is 12.8 Å². The standard InChI is InChI=1S/C19H21N9O/c1-11(2)9-17(29)27-8-6-15(26-27)24-19-18(13-10-14(20)23-12(3)22-13)28-16(25-19)5-4-7-21-28/h4-8,10-11H,9H2,1-3H3,(H,24,26)(H2,20,22,23). The molecule has 148 valence electrons. The highest BCUT2D eigenvalue weighted by Gasteiger charge is 2.19. The summed E-state index contributed by atoms with van der Waals surface area (Å²) in [7, 11) is 0. The van der Waals surface area contributed by atoms with Crippen LogP contribution in [0.3, 0.4) is 0 Å². The van der Waals surface area contributed by atoms with Crippen molar-refractivity contribution < 1.29 is 4.79 Å². The molecule has 0 bridgehead atoms. The number of anilines is 3. The van der Waals surface area contributed by atoms with E-state index in [1.54, 1.807) is 42.0 Å². The summed E-state index contributed by atoms with van der Waals surface area (Å²) in [4.78, 5) is 25.4. The molecular weight excluding hydrogens is 370 g/mol. The van der Waals surface area contributed by atoms with E-state index >= 15 is 0 Å². The summed E-state index contributed by atoms with van der Waals surface area (Å²) in [6.07, 6.45) is 3.72. The first-order chi connectivity index (χ1) is 13.9. The summed E-state index contributed by atoms with van der Waals surface area (Å²) in [6.45, 7) is 5.75. The van der Waals surface area contributed by atoms with Crippen LogP contribution in [0.2, 0.25) is 0 Å². The maximum Gasteiger partial charge on any atom is 0.247 e. The van der Waals surface area contributed by atoms with Crippen molar-refractivity contribution in [1.82, 2.24) is 34.3 Å². The van der Waals surface area contributed by atoms with Crippen LogP contribution >= 0.6 is 0 Å². The minimum atomic E-state index is -0.0656. The number of carbonyl (C=O) groups is 1. The Labute approximate surface area is 166 Å². The molecule has 0 fully saturated rings. The number of imidazole rings is 1. The number of nitrogens with one attached hydrogen (secondary N) is 1. The van der Waals surface area contributed by atoms with Crippen LogP contribution < -0.4 is 11.1 Å². The van der Waals surface area contributed by atoms with Gasteiger partial charge in [-0.15, -0.1) is 5.10 Å². The molecule has 4 rings (SSSR count). The van der Waals surface area contributed by atoms with Gasteiger partial charge in [0.2, 0.25) is 5.91 Å². The normalized spacial score (nSPS) is 11.3. The van der Waals surface area contributed by atoms with Crippen molar-refractivity contribution in [2.75, 3.05) is 11.1 Å². The van der Waals surface area contributed by atoms with Crippen LogP contribution in [0.1, 0.15) is 30.9 Å². The number of hydrogen-bond acceptors (Lipinski definition) is 8. The van der Waals surface area contributed by atoms with Gasteiger partial charge in [0.05, 0.1) is 5.69 Å². The van der Waals surface area contributed by atoms with E-state index in [-0.39, 0.29) is 11.8 Å². The summed E-state index contributed by atoms with van der Waals surface area (Å²) < 4.78 is 3.01. The largest absolute Gasteiger partial charge is 0.384 e. The highest BCUT2D eigenvalue weighted by Crippen LogP contribution is 2.29. The Morgan fingerprint density at radius 2 is 2.07 bits per heavy atom. The zero-order chi connectivity index (χ0) is 20.5. The maximum atomic E-state index is 12.2. The average Bonchev–Trinajstić information content (AvgIpc) is 3.24. The first-order valence-corrected chi connectivity index (χ1v) is 9.22. The van der Waals surface area contributed by atoms with Gasteiger partial charge in [-0.3, -0.25) is 4.79 Å². The monoisotopic (exact) mass is 391 g/mol. The second-order valence-electron chi connectivity index (χ2n) is 7.09. The molecule has 0 amide bonds. The van der Waals surface area contributed by atoms with Crippen LogP contribution in [0.15, 0.2) is 36.7 Å². The molecule has 4 heterocycles. The highest BCUT2D eigenvalue weighted by atomic mass is 16.2. The van der Waals surface area contributed by atoms with Crippen molar-refractivity contribution in [3.8, 4) is 11.4 Å². The molecule has 0 aliphatic carbocycles. The quantitative estimate of drug-likeness (QED) is 0.531. The Bertz CT molecular complexity index is 1170. The smallest absolute Gasteiger partial charge is 0.247 e. The predicted octanol–water partition coefficient (Wildman–Crippen LogP) is 2.70. The molecule has 0 spiro atoms. The van der Waals surface area contributed by atoms with Crippen molar-refractivity contribution in [3.63, 3.8) is 0 Å². The van der Waals surface area contributed by atoms with Gasteiger partial charge in [-0.05, 0) is 25.0 Å². The van der Waals surface area contributed by atoms with Crippen LogP contribution in [0.25, 0.3) is 17.0 Å². The molecule has 0 radical (unpaired) electrons. The molecule has 0 unspecified atom stereocenters. The van der Waals surface area contributed by atoms with E-state index < -0.39 is 0 Å². The van der Waals surface area contributed by atoms with Gasteiger partial charge in [0.25, 0.3) is 0 Å². The minimum absolute atomic E-state index is 0.0656. The molecule has 4 aromatic rings. The lowest BCUT2D eigenvalue weighted by atomic mass is 10.1. The zero-order valence-electron chi connectivity index (χ0n) is 16.4. The van der Waals surface area contributed by atoms with Gasteiger partial charge in [0.1, 0.15) is 17.3 Å². The van der Waals surface area contributed by atoms with Crippen molar-refractivity contribution in [2.24, 2.45) is 5.92 Å². The summed E-state index contributed by atoms with van der Waals surface area (Å²) >= 11 is 0. The van der Waals surface area contributed by atoms with Gasteiger partial charge in [-0.1, -0.05) is 13.8 Å². The van der Waals surface area contributed by atoms with Gasteiger partial charge < -0.3 is 11.1 Å². The molecule has 0 saturated heterocycles. The van der Waals surface area contributed by atoms with E-state index in [2.05, 4.69) is 30.5 Å². The van der Waals surface area contributed by atoms with Crippen LogP contribution in [-0.4, -0.2) is 40.3 Å². The number of nitrogens with two attached hydrogens (primary N) is 1. The fourth-order valence-electron chi connectivity index (χ4n) is 3.01. The zero-order valence-corrected chi connectivity index (χ0v) is 16.4. The molecule has 10 nitrogen and oxygen atoms in total. The first-order valence-electron chi connectivity index (χ1n) is 9.22. The molecule has 0 aromatic carbocycles. The number of hydrogen-bond donors (Lipinski definition) is 2. The molecule has 0 saturated carbocycles. The predicted molar refractivity (Wildman–Crippen MR) is 109 cm³/mol. The number of nitrogen functional groups attached to an aromatic ring is 1. The molecular formula is C19H21N9O. The van der Waals surface area contributed by atoms with Crippen molar-refractivity contribution in [3.05, 3.63) is 42.5 Å². The third-order valence-corrected chi connectivity index (χ3v) is 4.17. The molecule has 0 atom stereocenters.